The van der Waals surface area contributed by atoms with Crippen LogP contribution in [-0.4, -0.2) is 56.4 Å². The summed E-state index contributed by atoms with van der Waals surface area (Å²) in [5.74, 6) is -1.58. The number of esters is 1. The predicted molar refractivity (Wildman–Crippen MR) is 61.1 cm³/mol. The van der Waals surface area contributed by atoms with Crippen LogP contribution in [0.2, 0.25) is 0 Å². The molecule has 0 aromatic carbocycles. The molecule has 1 aliphatic carbocycles. The highest BCUT2D eigenvalue weighted by atomic mass is 32.2. The first-order chi connectivity index (χ1) is 7.83. The van der Waals surface area contributed by atoms with E-state index in [9.17, 15) is 18.0 Å². The van der Waals surface area contributed by atoms with E-state index in [2.05, 4.69) is 0 Å². The molecule has 0 saturated heterocycles. The van der Waals surface area contributed by atoms with Gasteiger partial charge in [0.2, 0.25) is 5.91 Å². The van der Waals surface area contributed by atoms with E-state index in [4.69, 9.17) is 4.74 Å². The van der Waals surface area contributed by atoms with E-state index in [0.29, 0.717) is 0 Å². The number of hydrogen-bond donors (Lipinski definition) is 0. The second kappa shape index (κ2) is 5.48. The van der Waals surface area contributed by atoms with Gasteiger partial charge >= 0.3 is 5.97 Å². The fourth-order valence-corrected chi connectivity index (χ4v) is 2.07. The van der Waals surface area contributed by atoms with Crippen LogP contribution in [0.25, 0.3) is 0 Å². The topological polar surface area (TPSA) is 80.8 Å². The predicted octanol–water partition coefficient (Wildman–Crippen LogP) is -0.415. The van der Waals surface area contributed by atoms with E-state index >= 15 is 0 Å². The molecule has 1 rings (SSSR count). The van der Waals surface area contributed by atoms with Gasteiger partial charge in [0.05, 0.1) is 6.61 Å². The maximum absolute atomic E-state index is 11.7. The lowest BCUT2D eigenvalue weighted by Gasteiger charge is -2.20. The molecule has 1 aliphatic rings. The molecule has 0 N–H and O–H groups in total. The number of ether oxygens (including phenoxy) is 1. The Balaban J connectivity index is 2.59. The summed E-state index contributed by atoms with van der Waals surface area (Å²) in [4.78, 5) is 24.3. The van der Waals surface area contributed by atoms with Crippen LogP contribution in [0, 0.1) is 0 Å². The molecule has 6 nitrogen and oxygen atoms in total. The van der Waals surface area contributed by atoms with Crippen molar-refractivity contribution >= 4 is 21.7 Å². The average Bonchev–Trinajstić information content (AvgIpc) is 2.94. The largest absolute Gasteiger partial charge is 0.465 e. The third-order valence-corrected chi connectivity index (χ3v) is 3.07. The number of hydrogen-bond acceptors (Lipinski definition) is 5. The molecule has 0 bridgehead atoms. The Morgan fingerprint density at radius 2 is 1.94 bits per heavy atom. The Hall–Kier alpha value is -1.11. The highest BCUT2D eigenvalue weighted by molar-refractivity contribution is 7.91. The number of carbonyl (C=O) groups is 2. The number of sulfone groups is 1. The van der Waals surface area contributed by atoms with Crippen molar-refractivity contribution in [2.45, 2.75) is 25.8 Å². The summed E-state index contributed by atoms with van der Waals surface area (Å²) < 4.78 is 26.8. The van der Waals surface area contributed by atoms with Gasteiger partial charge in [-0.25, -0.2) is 8.42 Å². The fourth-order valence-electron chi connectivity index (χ4n) is 1.46. The van der Waals surface area contributed by atoms with Gasteiger partial charge in [-0.3, -0.25) is 9.59 Å². The van der Waals surface area contributed by atoms with Crippen LogP contribution in [0.4, 0.5) is 0 Å². The Morgan fingerprint density at radius 1 is 1.35 bits per heavy atom. The van der Waals surface area contributed by atoms with Crippen LogP contribution in [0.3, 0.4) is 0 Å². The highest BCUT2D eigenvalue weighted by Gasteiger charge is 2.35. The van der Waals surface area contributed by atoms with E-state index in [1.54, 1.807) is 6.92 Å². The minimum absolute atomic E-state index is 0.00587. The lowest BCUT2D eigenvalue weighted by Crippen LogP contribution is -2.41. The lowest BCUT2D eigenvalue weighted by molar-refractivity contribution is -0.148. The van der Waals surface area contributed by atoms with E-state index in [1.165, 1.54) is 4.90 Å². The van der Waals surface area contributed by atoms with Crippen molar-refractivity contribution in [2.24, 2.45) is 0 Å². The number of nitrogens with zero attached hydrogens (tertiary/aromatic N) is 1. The molecular formula is C10H17NO5S. The molecule has 0 atom stereocenters. The maximum Gasteiger partial charge on any atom is 0.325 e. The zero-order valence-electron chi connectivity index (χ0n) is 10.0. The molecule has 1 saturated carbocycles. The van der Waals surface area contributed by atoms with Crippen molar-refractivity contribution in [3.05, 3.63) is 0 Å². The van der Waals surface area contributed by atoms with Crippen molar-refractivity contribution in [1.29, 1.82) is 0 Å². The second-order valence-electron chi connectivity index (χ2n) is 4.13. The van der Waals surface area contributed by atoms with E-state index in [-0.39, 0.29) is 19.2 Å². The normalized spacial score (nSPS) is 15.4. The third kappa shape index (κ3) is 5.16. The molecule has 98 valence electrons. The summed E-state index contributed by atoms with van der Waals surface area (Å²) in [5, 5.41) is 0. The van der Waals surface area contributed by atoms with Gasteiger partial charge in [-0.15, -0.1) is 0 Å². The summed E-state index contributed by atoms with van der Waals surface area (Å²) in [5.41, 5.74) is 0. The summed E-state index contributed by atoms with van der Waals surface area (Å²) in [7, 11) is -3.37. The SMILES string of the molecule is CCOC(=O)CN(C(=O)CS(C)(=O)=O)C1CC1. The summed E-state index contributed by atoms with van der Waals surface area (Å²) in [6.45, 7) is 1.77. The number of rotatable bonds is 6. The molecule has 0 heterocycles. The quantitative estimate of drug-likeness (QED) is 0.608. The van der Waals surface area contributed by atoms with E-state index < -0.39 is 27.5 Å². The van der Waals surface area contributed by atoms with Crippen LogP contribution < -0.4 is 0 Å². The Morgan fingerprint density at radius 3 is 2.35 bits per heavy atom. The van der Waals surface area contributed by atoms with Gasteiger partial charge in [-0.1, -0.05) is 0 Å². The summed E-state index contributed by atoms with van der Waals surface area (Å²) in [6, 6.07) is -0.00587. The minimum Gasteiger partial charge on any atom is -0.465 e. The first-order valence-electron chi connectivity index (χ1n) is 5.46. The molecular weight excluding hydrogens is 246 g/mol. The van der Waals surface area contributed by atoms with Gasteiger partial charge in [-0.05, 0) is 19.8 Å². The van der Waals surface area contributed by atoms with Crippen LogP contribution in [-0.2, 0) is 24.2 Å². The molecule has 0 radical (unpaired) electrons. The van der Waals surface area contributed by atoms with Crippen molar-refractivity contribution in [1.82, 2.24) is 4.90 Å². The van der Waals surface area contributed by atoms with Crippen LogP contribution in [0.1, 0.15) is 19.8 Å². The van der Waals surface area contributed by atoms with Gasteiger partial charge in [0.25, 0.3) is 0 Å². The fraction of sp³-hybridized carbons (Fsp3) is 0.800. The summed E-state index contributed by atoms with van der Waals surface area (Å²) in [6.07, 6.45) is 2.63. The molecule has 0 aliphatic heterocycles. The lowest BCUT2D eigenvalue weighted by atomic mass is 10.4. The molecule has 7 heteroatoms. The first kappa shape index (κ1) is 14.0. The molecule has 0 aromatic rings. The van der Waals surface area contributed by atoms with E-state index in [1.807, 2.05) is 0 Å². The highest BCUT2D eigenvalue weighted by Crippen LogP contribution is 2.26. The van der Waals surface area contributed by atoms with Crippen LogP contribution >= 0.6 is 0 Å². The molecule has 17 heavy (non-hydrogen) atoms. The van der Waals surface area contributed by atoms with Crippen molar-refractivity contribution < 1.29 is 22.7 Å². The second-order valence-corrected chi connectivity index (χ2v) is 6.27. The summed E-state index contributed by atoms with van der Waals surface area (Å²) >= 11 is 0. The van der Waals surface area contributed by atoms with E-state index in [0.717, 1.165) is 19.1 Å². The molecule has 1 amide bonds. The average molecular weight is 263 g/mol. The standard InChI is InChI=1S/C10H17NO5S/c1-3-16-10(13)6-11(8-4-5-8)9(12)7-17(2,14)15/h8H,3-7H2,1-2H3. The van der Waals surface area contributed by atoms with Crippen LogP contribution in [0.15, 0.2) is 0 Å². The van der Waals surface area contributed by atoms with Gasteiger partial charge in [-0.2, -0.15) is 0 Å². The van der Waals surface area contributed by atoms with Gasteiger partial charge in [0.15, 0.2) is 9.84 Å². The Bertz CT molecular complexity index is 399. The van der Waals surface area contributed by atoms with Gasteiger partial charge < -0.3 is 9.64 Å². The Labute approximate surface area is 101 Å². The zero-order valence-corrected chi connectivity index (χ0v) is 10.8. The Kier molecular flexibility index (Phi) is 4.50. The monoisotopic (exact) mass is 263 g/mol. The van der Waals surface area contributed by atoms with Crippen molar-refractivity contribution in [2.75, 3.05) is 25.2 Å². The number of amides is 1. The third-order valence-electron chi connectivity index (χ3n) is 2.30. The molecule has 0 unspecified atom stereocenters. The van der Waals surface area contributed by atoms with Crippen molar-refractivity contribution in [3.8, 4) is 0 Å². The molecule has 1 fully saturated rings. The smallest absolute Gasteiger partial charge is 0.325 e. The zero-order chi connectivity index (χ0) is 13.1. The first-order valence-corrected chi connectivity index (χ1v) is 7.52. The molecule has 0 aromatic heterocycles. The van der Waals surface area contributed by atoms with Gasteiger partial charge in [0.1, 0.15) is 12.3 Å². The number of carbonyl (C=O) groups excluding carboxylic acids is 2. The molecule has 0 spiro atoms. The maximum atomic E-state index is 11.7. The van der Waals surface area contributed by atoms with Gasteiger partial charge in [0, 0.05) is 12.3 Å². The van der Waals surface area contributed by atoms with Crippen LogP contribution in [0.5, 0.6) is 0 Å². The van der Waals surface area contributed by atoms with Crippen molar-refractivity contribution in [3.63, 3.8) is 0 Å². The minimum atomic E-state index is -3.37.